The van der Waals surface area contributed by atoms with E-state index in [-0.39, 0.29) is 17.4 Å². The number of rotatable bonds is 9. The van der Waals surface area contributed by atoms with E-state index in [1.807, 2.05) is 19.1 Å². The standard InChI is InChI=1S/C19H31NO2/c1-6-15(3)20-18(21)9-8-14-22-17-12-10-16(11-13-17)19(4,5)7-2/h10-13,15H,6-9,14H2,1-5H3,(H,20,21). The summed E-state index contributed by atoms with van der Waals surface area (Å²) in [7, 11) is 0. The van der Waals surface area contributed by atoms with Crippen LogP contribution in [0.1, 0.15) is 65.9 Å². The third-order valence-corrected chi connectivity index (χ3v) is 4.36. The SMILES string of the molecule is CCC(C)NC(=O)CCCOc1ccc(C(C)(C)CC)cc1. The highest BCUT2D eigenvalue weighted by molar-refractivity contribution is 5.76. The molecule has 124 valence electrons. The van der Waals surface area contributed by atoms with Gasteiger partial charge in [-0.25, -0.2) is 0 Å². The molecule has 1 atom stereocenters. The average molecular weight is 305 g/mol. The summed E-state index contributed by atoms with van der Waals surface area (Å²) in [4.78, 5) is 11.6. The number of amides is 1. The Bertz CT molecular complexity index is 451. The van der Waals surface area contributed by atoms with Crippen LogP contribution in [0, 0.1) is 0 Å². The van der Waals surface area contributed by atoms with E-state index in [1.165, 1.54) is 5.56 Å². The number of carbonyl (C=O) groups is 1. The summed E-state index contributed by atoms with van der Waals surface area (Å²) in [6.07, 6.45) is 3.33. The average Bonchev–Trinajstić information content (AvgIpc) is 2.51. The molecule has 0 saturated heterocycles. The maximum atomic E-state index is 11.6. The predicted molar refractivity (Wildman–Crippen MR) is 92.4 cm³/mol. The van der Waals surface area contributed by atoms with Gasteiger partial charge >= 0.3 is 0 Å². The van der Waals surface area contributed by atoms with Gasteiger partial charge in [0.2, 0.25) is 5.91 Å². The highest BCUT2D eigenvalue weighted by atomic mass is 16.5. The minimum atomic E-state index is 0.109. The van der Waals surface area contributed by atoms with Gasteiger partial charge in [0, 0.05) is 12.5 Å². The van der Waals surface area contributed by atoms with E-state index in [0.29, 0.717) is 13.0 Å². The van der Waals surface area contributed by atoms with E-state index in [0.717, 1.165) is 25.0 Å². The fraction of sp³-hybridized carbons (Fsp3) is 0.632. The van der Waals surface area contributed by atoms with Crippen LogP contribution < -0.4 is 10.1 Å². The lowest BCUT2D eigenvalue weighted by atomic mass is 9.82. The molecule has 0 aliphatic rings. The quantitative estimate of drug-likeness (QED) is 0.685. The van der Waals surface area contributed by atoms with Crippen LogP contribution in [0.25, 0.3) is 0 Å². The van der Waals surface area contributed by atoms with Crippen LogP contribution in [-0.4, -0.2) is 18.6 Å². The fourth-order valence-corrected chi connectivity index (χ4v) is 2.08. The number of ether oxygens (including phenoxy) is 1. The third kappa shape index (κ3) is 6.08. The van der Waals surface area contributed by atoms with Crippen LogP contribution in [0.2, 0.25) is 0 Å². The Balaban J connectivity index is 2.33. The zero-order chi connectivity index (χ0) is 16.6. The molecule has 0 radical (unpaired) electrons. The maximum Gasteiger partial charge on any atom is 0.220 e. The predicted octanol–water partition coefficient (Wildman–Crippen LogP) is 4.45. The molecule has 3 heteroatoms. The molecule has 0 fully saturated rings. The smallest absolute Gasteiger partial charge is 0.220 e. The first kappa shape index (κ1) is 18.5. The van der Waals surface area contributed by atoms with Crippen LogP contribution in [0.4, 0.5) is 0 Å². The normalized spacial score (nSPS) is 12.8. The highest BCUT2D eigenvalue weighted by Crippen LogP contribution is 2.28. The molecular formula is C19H31NO2. The maximum absolute atomic E-state index is 11.6. The molecule has 1 rings (SSSR count). The lowest BCUT2D eigenvalue weighted by Crippen LogP contribution is -2.31. The van der Waals surface area contributed by atoms with Crippen molar-refractivity contribution in [1.29, 1.82) is 0 Å². The van der Waals surface area contributed by atoms with E-state index >= 15 is 0 Å². The van der Waals surface area contributed by atoms with E-state index in [2.05, 4.69) is 45.1 Å². The monoisotopic (exact) mass is 305 g/mol. The Morgan fingerprint density at radius 3 is 2.41 bits per heavy atom. The van der Waals surface area contributed by atoms with Gasteiger partial charge in [0.15, 0.2) is 0 Å². The van der Waals surface area contributed by atoms with Gasteiger partial charge in [-0.3, -0.25) is 4.79 Å². The molecule has 0 bridgehead atoms. The van der Waals surface area contributed by atoms with Crippen LogP contribution >= 0.6 is 0 Å². The third-order valence-electron chi connectivity index (χ3n) is 4.36. The first-order chi connectivity index (χ1) is 10.4. The van der Waals surface area contributed by atoms with E-state index in [4.69, 9.17) is 4.74 Å². The fourth-order valence-electron chi connectivity index (χ4n) is 2.08. The second-order valence-electron chi connectivity index (χ2n) is 6.59. The van der Waals surface area contributed by atoms with E-state index in [1.54, 1.807) is 0 Å². The minimum Gasteiger partial charge on any atom is -0.494 e. The lowest BCUT2D eigenvalue weighted by molar-refractivity contribution is -0.121. The summed E-state index contributed by atoms with van der Waals surface area (Å²) in [6, 6.07) is 8.56. The zero-order valence-electron chi connectivity index (χ0n) is 14.7. The van der Waals surface area contributed by atoms with Crippen molar-refractivity contribution in [3.63, 3.8) is 0 Å². The van der Waals surface area contributed by atoms with E-state index < -0.39 is 0 Å². The first-order valence-electron chi connectivity index (χ1n) is 8.41. The molecular weight excluding hydrogens is 274 g/mol. The van der Waals surface area contributed by atoms with E-state index in [9.17, 15) is 4.79 Å². The molecule has 1 aromatic carbocycles. The molecule has 0 heterocycles. The molecule has 1 N–H and O–H groups in total. The molecule has 0 saturated carbocycles. The van der Waals surface area contributed by atoms with Gasteiger partial charge in [-0.1, -0.05) is 39.8 Å². The Morgan fingerprint density at radius 1 is 1.23 bits per heavy atom. The van der Waals surface area contributed by atoms with Crippen molar-refractivity contribution < 1.29 is 9.53 Å². The van der Waals surface area contributed by atoms with Crippen molar-refractivity contribution >= 4 is 5.91 Å². The Labute approximate surface area is 135 Å². The van der Waals surface area contributed by atoms with Gasteiger partial charge < -0.3 is 10.1 Å². The summed E-state index contributed by atoms with van der Waals surface area (Å²) >= 11 is 0. The number of benzene rings is 1. The van der Waals surface area contributed by atoms with Crippen LogP contribution in [0.15, 0.2) is 24.3 Å². The topological polar surface area (TPSA) is 38.3 Å². The van der Waals surface area contributed by atoms with Gasteiger partial charge in [-0.2, -0.15) is 0 Å². The molecule has 0 aliphatic heterocycles. The van der Waals surface area contributed by atoms with Crippen molar-refractivity contribution in [3.05, 3.63) is 29.8 Å². The van der Waals surface area contributed by atoms with Crippen molar-refractivity contribution in [3.8, 4) is 5.75 Å². The summed E-state index contributed by atoms with van der Waals surface area (Å²) in [6.45, 7) is 11.4. The number of hydrogen-bond acceptors (Lipinski definition) is 2. The summed E-state index contributed by atoms with van der Waals surface area (Å²) < 4.78 is 5.71. The lowest BCUT2D eigenvalue weighted by Gasteiger charge is -2.23. The second kappa shape index (κ2) is 8.82. The van der Waals surface area contributed by atoms with Crippen LogP contribution in [-0.2, 0) is 10.2 Å². The van der Waals surface area contributed by atoms with Crippen molar-refractivity contribution in [2.45, 2.75) is 71.8 Å². The Hall–Kier alpha value is -1.51. The van der Waals surface area contributed by atoms with Crippen molar-refractivity contribution in [2.24, 2.45) is 0 Å². The second-order valence-corrected chi connectivity index (χ2v) is 6.59. The van der Waals surface area contributed by atoms with Gasteiger partial charge in [0.1, 0.15) is 5.75 Å². The van der Waals surface area contributed by atoms with Crippen LogP contribution in [0.5, 0.6) is 5.75 Å². The molecule has 3 nitrogen and oxygen atoms in total. The molecule has 0 aromatic heterocycles. The van der Waals surface area contributed by atoms with Crippen molar-refractivity contribution in [1.82, 2.24) is 5.32 Å². The summed E-state index contributed by atoms with van der Waals surface area (Å²) in [5.74, 6) is 0.982. The molecule has 0 spiro atoms. The highest BCUT2D eigenvalue weighted by Gasteiger charge is 2.17. The number of hydrogen-bond donors (Lipinski definition) is 1. The Morgan fingerprint density at radius 2 is 1.86 bits per heavy atom. The van der Waals surface area contributed by atoms with Gasteiger partial charge in [0.05, 0.1) is 6.61 Å². The molecule has 22 heavy (non-hydrogen) atoms. The summed E-state index contributed by atoms with van der Waals surface area (Å²) in [5, 5.41) is 2.96. The van der Waals surface area contributed by atoms with Crippen LogP contribution in [0.3, 0.4) is 0 Å². The first-order valence-corrected chi connectivity index (χ1v) is 8.41. The summed E-state index contributed by atoms with van der Waals surface area (Å²) in [5.41, 5.74) is 1.53. The van der Waals surface area contributed by atoms with Gasteiger partial charge in [0.25, 0.3) is 0 Å². The van der Waals surface area contributed by atoms with Crippen molar-refractivity contribution in [2.75, 3.05) is 6.61 Å². The molecule has 1 unspecified atom stereocenters. The molecule has 1 amide bonds. The number of carbonyl (C=O) groups excluding carboxylic acids is 1. The van der Waals surface area contributed by atoms with Gasteiger partial charge in [-0.15, -0.1) is 0 Å². The number of nitrogens with one attached hydrogen (secondary N) is 1. The zero-order valence-corrected chi connectivity index (χ0v) is 14.7. The minimum absolute atomic E-state index is 0.109. The molecule has 1 aromatic rings. The van der Waals surface area contributed by atoms with Gasteiger partial charge in [-0.05, 0) is 49.3 Å². The Kier molecular flexibility index (Phi) is 7.43. The molecule has 0 aliphatic carbocycles. The largest absolute Gasteiger partial charge is 0.494 e.